The van der Waals surface area contributed by atoms with Crippen molar-refractivity contribution in [1.82, 2.24) is 9.97 Å². The Morgan fingerprint density at radius 1 is 1.32 bits per heavy atom. The van der Waals surface area contributed by atoms with Crippen LogP contribution in [0.25, 0.3) is 11.3 Å². The standard InChI is InChI=1S/C14H18N4O/c1-10-3-5-11(6-4-10)13-12(16-8-2-7-15)9-17-14(19)18-13/h3-6,9,16H,2,7-8,15H2,1H3,(H,17,18,19). The number of aromatic nitrogens is 2. The third-order valence-corrected chi connectivity index (χ3v) is 2.85. The lowest BCUT2D eigenvalue weighted by molar-refractivity contribution is 0.872. The summed E-state index contributed by atoms with van der Waals surface area (Å²) in [5.41, 5.74) is 8.84. The van der Waals surface area contributed by atoms with Crippen LogP contribution in [0.1, 0.15) is 12.0 Å². The lowest BCUT2D eigenvalue weighted by atomic mass is 10.1. The number of nitrogens with zero attached hydrogens (tertiary/aromatic N) is 1. The molecule has 1 aromatic carbocycles. The summed E-state index contributed by atoms with van der Waals surface area (Å²) in [6.07, 6.45) is 2.43. The van der Waals surface area contributed by atoms with Gasteiger partial charge in [0.2, 0.25) is 0 Å². The van der Waals surface area contributed by atoms with Crippen LogP contribution in [0.3, 0.4) is 0 Å². The van der Waals surface area contributed by atoms with Gasteiger partial charge in [0.1, 0.15) is 0 Å². The van der Waals surface area contributed by atoms with Gasteiger partial charge < -0.3 is 16.0 Å². The van der Waals surface area contributed by atoms with Gasteiger partial charge in [0, 0.05) is 12.1 Å². The van der Waals surface area contributed by atoms with Gasteiger partial charge in [-0.15, -0.1) is 0 Å². The molecule has 100 valence electrons. The predicted octanol–water partition coefficient (Wildman–Crippen LogP) is 1.51. The van der Waals surface area contributed by atoms with Crippen molar-refractivity contribution in [2.45, 2.75) is 13.3 Å². The molecule has 0 aliphatic rings. The molecule has 1 heterocycles. The molecule has 0 saturated carbocycles. The molecular weight excluding hydrogens is 240 g/mol. The lowest BCUT2D eigenvalue weighted by Gasteiger charge is -2.11. The van der Waals surface area contributed by atoms with Crippen molar-refractivity contribution in [1.29, 1.82) is 0 Å². The van der Waals surface area contributed by atoms with E-state index in [1.54, 1.807) is 6.20 Å². The number of hydrogen-bond acceptors (Lipinski definition) is 4. The highest BCUT2D eigenvalue weighted by atomic mass is 16.1. The van der Waals surface area contributed by atoms with E-state index in [0.29, 0.717) is 6.54 Å². The van der Waals surface area contributed by atoms with E-state index in [2.05, 4.69) is 15.3 Å². The zero-order chi connectivity index (χ0) is 13.7. The first-order chi connectivity index (χ1) is 9.20. The Balaban J connectivity index is 2.34. The second-order valence-electron chi connectivity index (χ2n) is 4.41. The second-order valence-corrected chi connectivity index (χ2v) is 4.41. The molecule has 19 heavy (non-hydrogen) atoms. The molecular formula is C14H18N4O. The fraction of sp³-hybridized carbons (Fsp3) is 0.286. The largest absolute Gasteiger partial charge is 0.382 e. The van der Waals surface area contributed by atoms with Gasteiger partial charge in [0.15, 0.2) is 0 Å². The van der Waals surface area contributed by atoms with Crippen LogP contribution >= 0.6 is 0 Å². The zero-order valence-corrected chi connectivity index (χ0v) is 10.9. The normalized spacial score (nSPS) is 10.4. The lowest BCUT2D eigenvalue weighted by Crippen LogP contribution is -2.15. The minimum absolute atomic E-state index is 0.347. The van der Waals surface area contributed by atoms with E-state index >= 15 is 0 Å². The number of nitrogens with one attached hydrogen (secondary N) is 2. The Morgan fingerprint density at radius 2 is 2.05 bits per heavy atom. The Kier molecular flexibility index (Phi) is 4.30. The molecule has 0 amide bonds. The summed E-state index contributed by atoms with van der Waals surface area (Å²) in [6.45, 7) is 3.41. The Labute approximate surface area is 111 Å². The molecule has 0 aliphatic carbocycles. The summed E-state index contributed by atoms with van der Waals surface area (Å²) in [4.78, 5) is 17.9. The molecule has 5 nitrogen and oxygen atoms in total. The molecule has 4 N–H and O–H groups in total. The summed E-state index contributed by atoms with van der Waals surface area (Å²) in [5, 5.41) is 3.24. The molecule has 0 spiro atoms. The third kappa shape index (κ3) is 3.42. The van der Waals surface area contributed by atoms with E-state index in [1.165, 1.54) is 5.56 Å². The van der Waals surface area contributed by atoms with Crippen LogP contribution in [0.15, 0.2) is 35.3 Å². The minimum atomic E-state index is -0.347. The number of benzene rings is 1. The van der Waals surface area contributed by atoms with Crippen molar-refractivity contribution in [3.8, 4) is 11.3 Å². The first-order valence-corrected chi connectivity index (χ1v) is 6.31. The van der Waals surface area contributed by atoms with Crippen LogP contribution < -0.4 is 16.7 Å². The molecule has 0 fully saturated rings. The van der Waals surface area contributed by atoms with Gasteiger partial charge in [0.25, 0.3) is 0 Å². The fourth-order valence-corrected chi connectivity index (χ4v) is 1.80. The highest BCUT2D eigenvalue weighted by Crippen LogP contribution is 2.23. The van der Waals surface area contributed by atoms with E-state index in [-0.39, 0.29) is 5.69 Å². The first kappa shape index (κ1) is 13.3. The van der Waals surface area contributed by atoms with Gasteiger partial charge in [0.05, 0.1) is 17.6 Å². The maximum atomic E-state index is 11.4. The Bertz CT molecular complexity index is 589. The topological polar surface area (TPSA) is 83.8 Å². The van der Waals surface area contributed by atoms with Gasteiger partial charge in [-0.3, -0.25) is 0 Å². The number of H-pyrrole nitrogens is 1. The predicted molar refractivity (Wildman–Crippen MR) is 77.2 cm³/mol. The van der Waals surface area contributed by atoms with E-state index in [0.717, 1.165) is 29.9 Å². The molecule has 0 unspecified atom stereocenters. The number of nitrogens with two attached hydrogens (primary N) is 1. The van der Waals surface area contributed by atoms with Crippen LogP contribution in [0, 0.1) is 6.92 Å². The van der Waals surface area contributed by atoms with Crippen LogP contribution in [-0.4, -0.2) is 23.1 Å². The van der Waals surface area contributed by atoms with E-state index < -0.39 is 0 Å². The summed E-state index contributed by atoms with van der Waals surface area (Å²) in [5.74, 6) is 0. The molecule has 0 radical (unpaired) electrons. The quantitative estimate of drug-likeness (QED) is 0.710. The fourth-order valence-electron chi connectivity index (χ4n) is 1.80. The van der Waals surface area contributed by atoms with Gasteiger partial charge in [-0.1, -0.05) is 29.8 Å². The smallest absolute Gasteiger partial charge is 0.345 e. The van der Waals surface area contributed by atoms with Crippen molar-refractivity contribution in [2.75, 3.05) is 18.4 Å². The van der Waals surface area contributed by atoms with Crippen molar-refractivity contribution >= 4 is 5.69 Å². The van der Waals surface area contributed by atoms with Crippen molar-refractivity contribution < 1.29 is 0 Å². The third-order valence-electron chi connectivity index (χ3n) is 2.85. The van der Waals surface area contributed by atoms with Crippen LogP contribution in [0.5, 0.6) is 0 Å². The Hall–Kier alpha value is -2.14. The first-order valence-electron chi connectivity index (χ1n) is 6.31. The highest BCUT2D eigenvalue weighted by molar-refractivity contribution is 5.73. The molecule has 0 saturated heterocycles. The van der Waals surface area contributed by atoms with Gasteiger partial charge >= 0.3 is 5.69 Å². The van der Waals surface area contributed by atoms with Crippen molar-refractivity contribution in [3.63, 3.8) is 0 Å². The van der Waals surface area contributed by atoms with Crippen molar-refractivity contribution in [2.24, 2.45) is 5.73 Å². The molecule has 0 bridgehead atoms. The summed E-state index contributed by atoms with van der Waals surface area (Å²) >= 11 is 0. The molecule has 0 aliphatic heterocycles. The SMILES string of the molecule is Cc1ccc(-c2[nH]c(=O)ncc2NCCCN)cc1. The summed E-state index contributed by atoms with van der Waals surface area (Å²) in [7, 11) is 0. The monoisotopic (exact) mass is 258 g/mol. The zero-order valence-electron chi connectivity index (χ0n) is 10.9. The van der Waals surface area contributed by atoms with Gasteiger partial charge in [-0.2, -0.15) is 4.98 Å². The van der Waals surface area contributed by atoms with E-state index in [4.69, 9.17) is 5.73 Å². The van der Waals surface area contributed by atoms with Crippen LogP contribution in [0.4, 0.5) is 5.69 Å². The summed E-state index contributed by atoms with van der Waals surface area (Å²) < 4.78 is 0. The average molecular weight is 258 g/mol. The molecule has 0 atom stereocenters. The van der Waals surface area contributed by atoms with Gasteiger partial charge in [-0.25, -0.2) is 4.79 Å². The minimum Gasteiger partial charge on any atom is -0.382 e. The molecule has 5 heteroatoms. The molecule has 2 aromatic rings. The number of rotatable bonds is 5. The molecule has 2 rings (SSSR count). The van der Waals surface area contributed by atoms with Crippen LogP contribution in [-0.2, 0) is 0 Å². The van der Waals surface area contributed by atoms with Crippen molar-refractivity contribution in [3.05, 3.63) is 46.5 Å². The second kappa shape index (κ2) is 6.15. The number of hydrogen-bond donors (Lipinski definition) is 3. The average Bonchev–Trinajstić information content (AvgIpc) is 2.41. The maximum Gasteiger partial charge on any atom is 0.345 e. The highest BCUT2D eigenvalue weighted by Gasteiger charge is 2.06. The van der Waals surface area contributed by atoms with E-state index in [1.807, 2.05) is 31.2 Å². The number of aromatic amines is 1. The van der Waals surface area contributed by atoms with Crippen LogP contribution in [0.2, 0.25) is 0 Å². The number of aryl methyl sites for hydroxylation is 1. The van der Waals surface area contributed by atoms with Gasteiger partial charge in [-0.05, 0) is 19.9 Å². The molecule has 1 aromatic heterocycles. The number of anilines is 1. The Morgan fingerprint density at radius 3 is 2.74 bits per heavy atom. The van der Waals surface area contributed by atoms with E-state index in [9.17, 15) is 4.79 Å². The summed E-state index contributed by atoms with van der Waals surface area (Å²) in [6, 6.07) is 7.99. The maximum absolute atomic E-state index is 11.4.